The van der Waals surface area contributed by atoms with Gasteiger partial charge in [-0.25, -0.2) is 5.01 Å². The maximum Gasteiger partial charge on any atom is 0.279 e. The van der Waals surface area contributed by atoms with Crippen molar-refractivity contribution < 1.29 is 20.1 Å². The zero-order chi connectivity index (χ0) is 17.9. The van der Waals surface area contributed by atoms with E-state index >= 15 is 0 Å². The minimum atomic E-state index is -2.00. The predicted molar refractivity (Wildman–Crippen MR) is 86.6 cm³/mol. The van der Waals surface area contributed by atoms with Gasteiger partial charge in [0.1, 0.15) is 36.4 Å². The molecule has 0 spiro atoms. The van der Waals surface area contributed by atoms with Gasteiger partial charge in [0, 0.05) is 6.04 Å². The topological polar surface area (TPSA) is 134 Å². The van der Waals surface area contributed by atoms with Crippen molar-refractivity contribution in [2.45, 2.75) is 43.9 Å². The molecule has 24 heavy (non-hydrogen) atoms. The standard InChI is InChI=1S/C15H21N5O4/c1-4-5-10-14(19-9(2)3)17-8-18-20(10)15(7-16)13(23)12(22)11(6-21)24-15/h4-5,8-9,11-13,21-23H,1,6H2,2-3H3,(H,17,18,19)/b10-5-/t11-,12-,13-,15-/m1/s1. The fourth-order valence-corrected chi connectivity index (χ4v) is 2.54. The first-order valence-electron chi connectivity index (χ1n) is 7.47. The van der Waals surface area contributed by atoms with Gasteiger partial charge in [0.25, 0.3) is 5.72 Å². The van der Waals surface area contributed by atoms with E-state index in [9.17, 15) is 20.6 Å². The molecule has 9 heteroatoms. The summed E-state index contributed by atoms with van der Waals surface area (Å²) < 4.78 is 5.48. The van der Waals surface area contributed by atoms with Crippen molar-refractivity contribution in [3.63, 3.8) is 0 Å². The van der Waals surface area contributed by atoms with Gasteiger partial charge >= 0.3 is 0 Å². The van der Waals surface area contributed by atoms with E-state index in [1.54, 1.807) is 6.08 Å². The molecule has 0 aromatic carbocycles. The summed E-state index contributed by atoms with van der Waals surface area (Å²) in [5.74, 6) is 0.410. The van der Waals surface area contributed by atoms with E-state index in [2.05, 4.69) is 22.0 Å². The molecule has 130 valence electrons. The molecule has 0 saturated carbocycles. The molecule has 4 N–H and O–H groups in total. The zero-order valence-corrected chi connectivity index (χ0v) is 13.5. The van der Waals surface area contributed by atoms with Crippen LogP contribution < -0.4 is 5.32 Å². The minimum absolute atomic E-state index is 0.0442. The Kier molecular flexibility index (Phi) is 5.36. The summed E-state index contributed by atoms with van der Waals surface area (Å²) in [5.41, 5.74) is -1.66. The van der Waals surface area contributed by atoms with Crippen LogP contribution in [0.15, 0.2) is 34.5 Å². The Morgan fingerprint density at radius 3 is 2.83 bits per heavy atom. The summed E-state index contributed by atoms with van der Waals surface area (Å²) in [7, 11) is 0. The summed E-state index contributed by atoms with van der Waals surface area (Å²) in [6.07, 6.45) is 0.181. The molecule has 2 aliphatic heterocycles. The Bertz CT molecular complexity index is 624. The second kappa shape index (κ2) is 7.11. The number of nitriles is 1. The first kappa shape index (κ1) is 18.1. The van der Waals surface area contributed by atoms with Crippen LogP contribution in [0.5, 0.6) is 0 Å². The zero-order valence-electron chi connectivity index (χ0n) is 13.5. The van der Waals surface area contributed by atoms with E-state index in [4.69, 9.17) is 4.74 Å². The highest BCUT2D eigenvalue weighted by molar-refractivity contribution is 6.05. The molecule has 0 amide bonds. The molecule has 0 aliphatic carbocycles. The lowest BCUT2D eigenvalue weighted by Gasteiger charge is -2.38. The third kappa shape index (κ3) is 2.92. The van der Waals surface area contributed by atoms with E-state index in [1.807, 2.05) is 19.9 Å². The highest BCUT2D eigenvalue weighted by Gasteiger charge is 2.60. The lowest BCUT2D eigenvalue weighted by molar-refractivity contribution is -0.135. The van der Waals surface area contributed by atoms with Crippen molar-refractivity contribution in [2.24, 2.45) is 10.1 Å². The van der Waals surface area contributed by atoms with Crippen molar-refractivity contribution in [3.05, 3.63) is 24.4 Å². The Labute approximate surface area is 139 Å². The van der Waals surface area contributed by atoms with Crippen LogP contribution >= 0.6 is 0 Å². The predicted octanol–water partition coefficient (Wildman–Crippen LogP) is -0.956. The van der Waals surface area contributed by atoms with Gasteiger partial charge in [-0.3, -0.25) is 4.99 Å². The van der Waals surface area contributed by atoms with Crippen LogP contribution in [0, 0.1) is 11.3 Å². The van der Waals surface area contributed by atoms with Crippen molar-refractivity contribution in [1.29, 1.82) is 5.26 Å². The Hall–Kier alpha value is -2.25. The van der Waals surface area contributed by atoms with Gasteiger partial charge in [-0.05, 0) is 19.9 Å². The van der Waals surface area contributed by atoms with E-state index in [0.29, 0.717) is 11.5 Å². The normalized spacial score (nSPS) is 36.2. The molecule has 1 saturated heterocycles. The molecule has 2 heterocycles. The third-order valence-corrected chi connectivity index (χ3v) is 3.60. The number of allylic oxidation sites excluding steroid dienone is 2. The molecule has 4 atom stereocenters. The number of nitrogens with zero attached hydrogens (tertiary/aromatic N) is 4. The third-order valence-electron chi connectivity index (χ3n) is 3.60. The number of amidine groups is 1. The number of hydrogen-bond acceptors (Lipinski definition) is 8. The number of aliphatic hydroxyl groups is 3. The monoisotopic (exact) mass is 335 g/mol. The molecule has 2 aliphatic rings. The summed E-state index contributed by atoms with van der Waals surface area (Å²) in [4.78, 5) is 4.40. The Balaban J connectivity index is 2.53. The van der Waals surface area contributed by atoms with Gasteiger partial charge in [-0.2, -0.15) is 10.4 Å². The van der Waals surface area contributed by atoms with E-state index in [0.717, 1.165) is 5.01 Å². The Morgan fingerprint density at radius 1 is 1.62 bits per heavy atom. The molecule has 0 radical (unpaired) electrons. The number of rotatable bonds is 4. The quantitative estimate of drug-likeness (QED) is 0.520. The number of aliphatic imine (C=N–C) groups is 1. The first-order valence-corrected chi connectivity index (χ1v) is 7.47. The van der Waals surface area contributed by atoms with Crippen LogP contribution in [-0.4, -0.2) is 69.2 Å². The maximum atomic E-state index is 10.4. The van der Waals surface area contributed by atoms with E-state index < -0.39 is 30.6 Å². The van der Waals surface area contributed by atoms with Gasteiger partial charge in [0.15, 0.2) is 5.84 Å². The number of ether oxygens (including phenoxy) is 1. The summed E-state index contributed by atoms with van der Waals surface area (Å²) >= 11 is 0. The molecule has 9 nitrogen and oxygen atoms in total. The second-order valence-corrected chi connectivity index (χ2v) is 5.64. The van der Waals surface area contributed by atoms with Crippen molar-refractivity contribution >= 4 is 12.2 Å². The largest absolute Gasteiger partial charge is 0.394 e. The average molecular weight is 335 g/mol. The molecule has 0 aromatic heterocycles. The van der Waals surface area contributed by atoms with Crippen LogP contribution in [0.1, 0.15) is 13.8 Å². The van der Waals surface area contributed by atoms with Gasteiger partial charge in [-0.1, -0.05) is 12.7 Å². The number of hydrogen-bond donors (Lipinski definition) is 4. The van der Waals surface area contributed by atoms with Crippen molar-refractivity contribution in [3.8, 4) is 6.07 Å². The van der Waals surface area contributed by atoms with Crippen LogP contribution in [0.3, 0.4) is 0 Å². The first-order chi connectivity index (χ1) is 11.4. The minimum Gasteiger partial charge on any atom is -0.394 e. The molecule has 2 rings (SSSR count). The van der Waals surface area contributed by atoms with Crippen LogP contribution in [0.4, 0.5) is 0 Å². The SMILES string of the molecule is C=C/C=C1/C(=NC(C)C)NC=NN1[C@]1(C#N)O[C@H](CO)[C@@H](O)[C@H]1O. The average Bonchev–Trinajstić information content (AvgIpc) is 2.81. The molecular weight excluding hydrogens is 314 g/mol. The van der Waals surface area contributed by atoms with Gasteiger partial charge in [0.2, 0.25) is 0 Å². The second-order valence-electron chi connectivity index (χ2n) is 5.64. The van der Waals surface area contributed by atoms with E-state index in [-0.39, 0.29) is 6.04 Å². The van der Waals surface area contributed by atoms with Crippen LogP contribution in [0.25, 0.3) is 0 Å². The lowest BCUT2D eigenvalue weighted by Crippen LogP contribution is -2.57. The molecule has 0 aromatic rings. The van der Waals surface area contributed by atoms with Crippen LogP contribution in [0.2, 0.25) is 0 Å². The molecule has 0 unspecified atom stereocenters. The number of nitrogens with one attached hydrogen (secondary N) is 1. The van der Waals surface area contributed by atoms with Crippen LogP contribution in [-0.2, 0) is 4.74 Å². The molecule has 1 fully saturated rings. The smallest absolute Gasteiger partial charge is 0.279 e. The fourth-order valence-electron chi connectivity index (χ4n) is 2.54. The van der Waals surface area contributed by atoms with Gasteiger partial charge in [-0.15, -0.1) is 0 Å². The maximum absolute atomic E-state index is 10.4. The lowest BCUT2D eigenvalue weighted by atomic mass is 10.0. The molecule has 0 bridgehead atoms. The number of hydrazone groups is 1. The van der Waals surface area contributed by atoms with E-state index in [1.165, 1.54) is 12.4 Å². The van der Waals surface area contributed by atoms with Gasteiger partial charge < -0.3 is 25.4 Å². The summed E-state index contributed by atoms with van der Waals surface area (Å²) in [6, 6.07) is 1.82. The fraction of sp³-hybridized carbons (Fsp3) is 0.533. The summed E-state index contributed by atoms with van der Waals surface area (Å²) in [6.45, 7) is 6.83. The van der Waals surface area contributed by atoms with Gasteiger partial charge in [0.05, 0.1) is 6.61 Å². The number of aliphatic hydroxyl groups excluding tert-OH is 3. The Morgan fingerprint density at radius 2 is 2.33 bits per heavy atom. The van der Waals surface area contributed by atoms with Crippen molar-refractivity contribution in [1.82, 2.24) is 10.3 Å². The highest BCUT2D eigenvalue weighted by atomic mass is 16.6. The molecular formula is C15H21N5O4. The summed E-state index contributed by atoms with van der Waals surface area (Å²) in [5, 5.41) is 47.4. The highest BCUT2D eigenvalue weighted by Crippen LogP contribution is 2.37. The van der Waals surface area contributed by atoms with Crippen molar-refractivity contribution in [2.75, 3.05) is 6.61 Å².